The first-order valence-corrected chi connectivity index (χ1v) is 10.6. The van der Waals surface area contributed by atoms with Crippen LogP contribution in [0.4, 0.5) is 0 Å². The fourth-order valence-electron chi connectivity index (χ4n) is 2.89. The van der Waals surface area contributed by atoms with Gasteiger partial charge in [0.05, 0.1) is 19.8 Å². The van der Waals surface area contributed by atoms with E-state index >= 15 is 0 Å². The summed E-state index contributed by atoms with van der Waals surface area (Å²) in [6.45, 7) is 2.74. The van der Waals surface area contributed by atoms with Gasteiger partial charge >= 0.3 is 11.9 Å². The first-order chi connectivity index (χ1) is 15.6. The molecule has 2 aliphatic rings. The van der Waals surface area contributed by atoms with Crippen molar-refractivity contribution in [3.05, 3.63) is 59.7 Å². The number of carbonyl (C=O) groups is 2. The Bertz CT molecular complexity index is 920. The summed E-state index contributed by atoms with van der Waals surface area (Å²) in [5.74, 6) is 0.187. The average molecular weight is 442 g/mol. The van der Waals surface area contributed by atoms with Crippen molar-refractivity contribution in [2.75, 3.05) is 33.0 Å². The summed E-state index contributed by atoms with van der Waals surface area (Å²) in [6.07, 6.45) is 0.456. The van der Waals surface area contributed by atoms with E-state index in [4.69, 9.17) is 28.4 Å². The fourth-order valence-corrected chi connectivity index (χ4v) is 2.89. The summed E-state index contributed by atoms with van der Waals surface area (Å²) in [4.78, 5) is 23.9. The molecule has 0 aliphatic carbocycles. The molecule has 2 aliphatic heterocycles. The van der Waals surface area contributed by atoms with Gasteiger partial charge in [-0.2, -0.15) is 0 Å². The second kappa shape index (κ2) is 11.0. The van der Waals surface area contributed by atoms with Gasteiger partial charge in [0.15, 0.2) is 0 Å². The maximum absolute atomic E-state index is 11.9. The van der Waals surface area contributed by atoms with Crippen LogP contribution in [-0.2, 0) is 41.6 Å². The third-order valence-corrected chi connectivity index (χ3v) is 4.82. The zero-order valence-electron chi connectivity index (χ0n) is 17.7. The number of benzene rings is 2. The average Bonchev–Trinajstić information content (AvgIpc) is 3.70. The van der Waals surface area contributed by atoms with E-state index in [1.807, 2.05) is 42.5 Å². The Labute approximate surface area is 186 Å². The summed E-state index contributed by atoms with van der Waals surface area (Å²) in [6, 6.07) is 14.9. The van der Waals surface area contributed by atoms with Crippen LogP contribution in [-0.4, -0.2) is 57.2 Å². The molecular weight excluding hydrogens is 416 g/mol. The summed E-state index contributed by atoms with van der Waals surface area (Å²) < 4.78 is 31.8. The molecule has 0 N–H and O–H groups in total. The highest BCUT2D eigenvalue weighted by Crippen LogP contribution is 2.18. The number of esters is 2. The van der Waals surface area contributed by atoms with Crippen molar-refractivity contribution in [3.63, 3.8) is 0 Å². The molecule has 2 fully saturated rings. The molecule has 0 aromatic heterocycles. The third-order valence-electron chi connectivity index (χ3n) is 4.82. The van der Waals surface area contributed by atoms with Gasteiger partial charge in [-0.25, -0.2) is 0 Å². The Hall–Kier alpha value is -3.10. The standard InChI is InChI=1S/C24H26O8/c25-23(27-8-7-17-3-1-5-19(9-17)28-13-21-15-30-21)11-24(26)32-12-18-4-2-6-20(10-18)29-14-22-16-31-22/h1-6,9-10,21-22H,7-8,11-16H2. The van der Waals surface area contributed by atoms with E-state index in [0.29, 0.717) is 25.4 Å². The summed E-state index contributed by atoms with van der Waals surface area (Å²) in [7, 11) is 0. The monoisotopic (exact) mass is 442 g/mol. The Balaban J connectivity index is 1.12. The number of epoxide rings is 2. The molecule has 170 valence electrons. The maximum atomic E-state index is 11.9. The Morgan fingerprint density at radius 1 is 0.812 bits per heavy atom. The zero-order chi connectivity index (χ0) is 22.2. The van der Waals surface area contributed by atoms with Gasteiger partial charge in [0.2, 0.25) is 0 Å². The molecule has 8 heteroatoms. The van der Waals surface area contributed by atoms with Gasteiger partial charge in [0.25, 0.3) is 0 Å². The van der Waals surface area contributed by atoms with Crippen LogP contribution in [0.3, 0.4) is 0 Å². The molecule has 2 saturated heterocycles. The lowest BCUT2D eigenvalue weighted by Gasteiger charge is -2.09. The van der Waals surface area contributed by atoms with Gasteiger partial charge < -0.3 is 28.4 Å². The van der Waals surface area contributed by atoms with Crippen LogP contribution in [0.5, 0.6) is 11.5 Å². The molecule has 8 nitrogen and oxygen atoms in total. The lowest BCUT2D eigenvalue weighted by Crippen LogP contribution is -2.15. The molecule has 2 aromatic carbocycles. The van der Waals surface area contributed by atoms with E-state index in [2.05, 4.69) is 0 Å². The minimum Gasteiger partial charge on any atom is -0.491 e. The quantitative estimate of drug-likeness (QED) is 0.265. The summed E-state index contributed by atoms with van der Waals surface area (Å²) >= 11 is 0. The number of carbonyl (C=O) groups excluding carboxylic acids is 2. The highest BCUT2D eigenvalue weighted by atomic mass is 16.6. The van der Waals surface area contributed by atoms with Gasteiger partial charge in [-0.3, -0.25) is 9.59 Å². The van der Waals surface area contributed by atoms with E-state index in [1.165, 1.54) is 0 Å². The Morgan fingerprint density at radius 2 is 1.38 bits per heavy atom. The van der Waals surface area contributed by atoms with Crippen molar-refractivity contribution >= 4 is 11.9 Å². The van der Waals surface area contributed by atoms with Crippen LogP contribution < -0.4 is 9.47 Å². The number of hydrogen-bond donors (Lipinski definition) is 0. The lowest BCUT2D eigenvalue weighted by atomic mass is 10.1. The van der Waals surface area contributed by atoms with Crippen LogP contribution in [0.1, 0.15) is 17.5 Å². The molecule has 2 unspecified atom stereocenters. The first kappa shape index (κ1) is 22.1. The SMILES string of the molecule is O=C(CC(=O)OCc1cccc(OCC2CO2)c1)OCCc1cccc(OCC2CO2)c1. The number of rotatable bonds is 13. The molecule has 0 amide bonds. The fraction of sp³-hybridized carbons (Fsp3) is 0.417. The molecule has 2 aromatic rings. The molecule has 0 bridgehead atoms. The number of hydrogen-bond acceptors (Lipinski definition) is 8. The minimum atomic E-state index is -0.634. The zero-order valence-corrected chi connectivity index (χ0v) is 17.7. The Kier molecular flexibility index (Phi) is 7.58. The minimum absolute atomic E-state index is 0.0575. The normalized spacial score (nSPS) is 18.5. The number of ether oxygens (including phenoxy) is 6. The molecule has 2 atom stereocenters. The van der Waals surface area contributed by atoms with Crippen molar-refractivity contribution in [2.24, 2.45) is 0 Å². The van der Waals surface area contributed by atoms with Crippen molar-refractivity contribution < 1.29 is 38.0 Å². The summed E-state index contributed by atoms with van der Waals surface area (Å²) in [5.41, 5.74) is 1.75. The highest BCUT2D eigenvalue weighted by Gasteiger charge is 2.23. The van der Waals surface area contributed by atoms with Crippen LogP contribution >= 0.6 is 0 Å². The molecular formula is C24H26O8. The van der Waals surface area contributed by atoms with Gasteiger partial charge in [-0.1, -0.05) is 24.3 Å². The Morgan fingerprint density at radius 3 is 2.00 bits per heavy atom. The van der Waals surface area contributed by atoms with Gasteiger partial charge in [-0.05, 0) is 35.4 Å². The van der Waals surface area contributed by atoms with Crippen LogP contribution in [0, 0.1) is 0 Å². The van der Waals surface area contributed by atoms with E-state index in [0.717, 1.165) is 30.1 Å². The van der Waals surface area contributed by atoms with Crippen LogP contribution in [0.2, 0.25) is 0 Å². The molecule has 0 spiro atoms. The first-order valence-electron chi connectivity index (χ1n) is 10.6. The van der Waals surface area contributed by atoms with Crippen LogP contribution in [0.15, 0.2) is 48.5 Å². The van der Waals surface area contributed by atoms with Crippen molar-refractivity contribution in [1.29, 1.82) is 0 Å². The van der Waals surface area contributed by atoms with Crippen LogP contribution in [0.25, 0.3) is 0 Å². The van der Waals surface area contributed by atoms with E-state index in [1.54, 1.807) is 6.07 Å². The topological polar surface area (TPSA) is 96.1 Å². The van der Waals surface area contributed by atoms with Gasteiger partial charge in [0, 0.05) is 6.42 Å². The van der Waals surface area contributed by atoms with Gasteiger partial charge in [-0.15, -0.1) is 0 Å². The van der Waals surface area contributed by atoms with E-state index in [-0.39, 0.29) is 25.4 Å². The third kappa shape index (κ3) is 7.86. The molecule has 0 radical (unpaired) electrons. The van der Waals surface area contributed by atoms with Crippen molar-refractivity contribution in [2.45, 2.75) is 31.7 Å². The molecule has 0 saturated carbocycles. The second-order valence-corrected chi connectivity index (χ2v) is 7.64. The van der Waals surface area contributed by atoms with Crippen molar-refractivity contribution in [3.8, 4) is 11.5 Å². The van der Waals surface area contributed by atoms with E-state index in [9.17, 15) is 9.59 Å². The molecule has 4 rings (SSSR count). The van der Waals surface area contributed by atoms with Gasteiger partial charge in [0.1, 0.15) is 49.9 Å². The van der Waals surface area contributed by atoms with Crippen molar-refractivity contribution in [1.82, 2.24) is 0 Å². The smallest absolute Gasteiger partial charge is 0.317 e. The lowest BCUT2D eigenvalue weighted by molar-refractivity contribution is -0.155. The molecule has 32 heavy (non-hydrogen) atoms. The van der Waals surface area contributed by atoms with E-state index < -0.39 is 18.4 Å². The molecule has 2 heterocycles. The largest absolute Gasteiger partial charge is 0.491 e. The maximum Gasteiger partial charge on any atom is 0.317 e. The summed E-state index contributed by atoms with van der Waals surface area (Å²) in [5, 5.41) is 0. The highest BCUT2D eigenvalue weighted by molar-refractivity contribution is 5.91. The predicted molar refractivity (Wildman–Crippen MR) is 112 cm³/mol. The second-order valence-electron chi connectivity index (χ2n) is 7.64. The predicted octanol–water partition coefficient (Wildman–Crippen LogP) is 2.46.